The molecule has 0 unspecified atom stereocenters. The van der Waals surface area contributed by atoms with Gasteiger partial charge < -0.3 is 4.74 Å². The summed E-state index contributed by atoms with van der Waals surface area (Å²) in [6, 6.07) is 9.05. The van der Waals surface area contributed by atoms with Gasteiger partial charge in [0, 0.05) is 0 Å². The molecule has 0 fully saturated rings. The number of allylic oxidation sites excluding steroid dienone is 4. The monoisotopic (exact) mass is 270 g/mol. The summed E-state index contributed by atoms with van der Waals surface area (Å²) in [5, 5.41) is 0. The highest BCUT2D eigenvalue weighted by Crippen LogP contribution is 2.05. The number of hydrogen-bond donors (Lipinski definition) is 0. The average molecular weight is 270 g/mol. The molecule has 0 saturated heterocycles. The van der Waals surface area contributed by atoms with Crippen LogP contribution in [0.5, 0.6) is 0 Å². The summed E-state index contributed by atoms with van der Waals surface area (Å²) in [5.41, 5.74) is 1.68. The van der Waals surface area contributed by atoms with E-state index in [1.807, 2.05) is 31.2 Å². The van der Waals surface area contributed by atoms with E-state index in [0.717, 1.165) is 24.8 Å². The molecule has 20 heavy (non-hydrogen) atoms. The van der Waals surface area contributed by atoms with Crippen molar-refractivity contribution in [3.05, 3.63) is 72.4 Å². The minimum Gasteiger partial charge on any atom is -0.458 e. The van der Waals surface area contributed by atoms with Crippen LogP contribution in [-0.2, 0) is 4.74 Å². The normalized spacial score (nSPS) is 11.6. The fraction of sp³-hybridized carbons (Fsp3) is 0.278. The summed E-state index contributed by atoms with van der Waals surface area (Å²) >= 11 is 0. The number of carbonyl (C=O) groups is 1. The van der Waals surface area contributed by atoms with Crippen molar-refractivity contribution in [3.8, 4) is 0 Å². The molecule has 0 radical (unpaired) electrons. The van der Waals surface area contributed by atoms with Crippen molar-refractivity contribution in [3.63, 3.8) is 0 Å². The molecule has 0 aliphatic carbocycles. The lowest BCUT2D eigenvalue weighted by atomic mass is 10.2. The Hall–Kier alpha value is -2.09. The van der Waals surface area contributed by atoms with Crippen LogP contribution in [-0.4, -0.2) is 12.6 Å². The maximum absolute atomic E-state index is 11.7. The number of esters is 1. The van der Waals surface area contributed by atoms with Gasteiger partial charge in [0.05, 0.1) is 5.56 Å². The second kappa shape index (κ2) is 9.79. The molecule has 0 aliphatic rings. The number of carbonyl (C=O) groups excluding carboxylic acids is 1. The molecule has 0 bridgehead atoms. The largest absolute Gasteiger partial charge is 0.458 e. The summed E-state index contributed by atoms with van der Waals surface area (Å²) in [4.78, 5) is 11.7. The third kappa shape index (κ3) is 6.74. The third-order valence-electron chi connectivity index (χ3n) is 2.78. The summed E-state index contributed by atoms with van der Waals surface area (Å²) < 4.78 is 5.25. The van der Waals surface area contributed by atoms with Gasteiger partial charge in [-0.2, -0.15) is 0 Å². The van der Waals surface area contributed by atoms with Crippen LogP contribution >= 0.6 is 0 Å². The molecule has 0 heterocycles. The first kappa shape index (κ1) is 16.0. The maximum atomic E-state index is 11.7. The van der Waals surface area contributed by atoms with E-state index in [9.17, 15) is 4.79 Å². The van der Waals surface area contributed by atoms with Gasteiger partial charge >= 0.3 is 5.97 Å². The molecule has 0 spiro atoms. The third-order valence-corrected chi connectivity index (χ3v) is 2.78. The molecule has 0 amide bonds. The van der Waals surface area contributed by atoms with Crippen LogP contribution in [0, 0.1) is 0 Å². The molecule has 1 aromatic carbocycles. The first-order valence-corrected chi connectivity index (χ1v) is 6.89. The topological polar surface area (TPSA) is 26.3 Å². The molecule has 0 saturated carbocycles. The lowest BCUT2D eigenvalue weighted by Crippen LogP contribution is -2.06. The Bertz CT molecular complexity index is 469. The zero-order valence-electron chi connectivity index (χ0n) is 12.0. The minimum absolute atomic E-state index is 0.271. The Kier molecular flexibility index (Phi) is 7.82. The lowest BCUT2D eigenvalue weighted by Gasteiger charge is -2.05. The molecule has 0 aromatic heterocycles. The van der Waals surface area contributed by atoms with Crippen molar-refractivity contribution in [2.45, 2.75) is 26.2 Å². The zero-order chi connectivity index (χ0) is 14.6. The van der Waals surface area contributed by atoms with E-state index < -0.39 is 0 Å². The van der Waals surface area contributed by atoms with E-state index in [4.69, 9.17) is 4.74 Å². The van der Waals surface area contributed by atoms with Gasteiger partial charge in [-0.15, -0.1) is 0 Å². The minimum atomic E-state index is -0.271. The van der Waals surface area contributed by atoms with E-state index in [-0.39, 0.29) is 5.97 Å². The molecular weight excluding hydrogens is 248 g/mol. The van der Waals surface area contributed by atoms with E-state index in [1.54, 1.807) is 18.2 Å². The Labute approximate surface area is 121 Å². The number of rotatable bonds is 8. The van der Waals surface area contributed by atoms with Gasteiger partial charge in [0.2, 0.25) is 0 Å². The van der Waals surface area contributed by atoms with Gasteiger partial charge in [-0.25, -0.2) is 4.79 Å². The summed E-state index contributed by atoms with van der Waals surface area (Å²) in [7, 11) is 0. The molecule has 0 N–H and O–H groups in total. The number of unbranched alkanes of at least 4 members (excludes halogenated alkanes) is 2. The zero-order valence-corrected chi connectivity index (χ0v) is 12.0. The van der Waals surface area contributed by atoms with Crippen molar-refractivity contribution >= 4 is 5.97 Å². The highest BCUT2D eigenvalue weighted by Gasteiger charge is 2.05. The Morgan fingerprint density at radius 3 is 2.70 bits per heavy atom. The SMILES string of the molecule is C=C/C=C/CCC/C=C(\C)COC(=O)c1ccccc1. The van der Waals surface area contributed by atoms with Crippen LogP contribution in [0.4, 0.5) is 0 Å². The van der Waals surface area contributed by atoms with Crippen LogP contribution in [0.15, 0.2) is 66.8 Å². The van der Waals surface area contributed by atoms with E-state index in [0.29, 0.717) is 12.2 Å². The summed E-state index contributed by atoms with van der Waals surface area (Å²) in [6.45, 7) is 5.97. The first-order chi connectivity index (χ1) is 9.74. The molecule has 1 aromatic rings. The highest BCUT2D eigenvalue weighted by molar-refractivity contribution is 5.89. The smallest absolute Gasteiger partial charge is 0.338 e. The fourth-order valence-electron chi connectivity index (χ4n) is 1.67. The van der Waals surface area contributed by atoms with E-state index in [1.165, 1.54) is 0 Å². The van der Waals surface area contributed by atoms with Crippen LogP contribution < -0.4 is 0 Å². The molecular formula is C18H22O2. The number of ether oxygens (including phenoxy) is 1. The van der Waals surface area contributed by atoms with E-state index in [2.05, 4.69) is 18.7 Å². The van der Waals surface area contributed by atoms with Crippen LogP contribution in [0.25, 0.3) is 0 Å². The second-order valence-electron chi connectivity index (χ2n) is 4.59. The van der Waals surface area contributed by atoms with Crippen LogP contribution in [0.1, 0.15) is 36.5 Å². The van der Waals surface area contributed by atoms with Gasteiger partial charge in [0.25, 0.3) is 0 Å². The van der Waals surface area contributed by atoms with Gasteiger partial charge in [0.15, 0.2) is 0 Å². The molecule has 0 atom stereocenters. The lowest BCUT2D eigenvalue weighted by molar-refractivity contribution is 0.0540. The van der Waals surface area contributed by atoms with Gasteiger partial charge in [0.1, 0.15) is 6.61 Å². The van der Waals surface area contributed by atoms with Crippen molar-refractivity contribution < 1.29 is 9.53 Å². The predicted molar refractivity (Wildman–Crippen MR) is 83.7 cm³/mol. The summed E-state index contributed by atoms with van der Waals surface area (Å²) in [5.74, 6) is -0.271. The van der Waals surface area contributed by atoms with Crippen molar-refractivity contribution in [2.75, 3.05) is 6.61 Å². The number of benzene rings is 1. The molecule has 2 heteroatoms. The molecule has 1 rings (SSSR count). The standard InChI is InChI=1S/C18H22O2/c1-3-4-5-6-7-9-12-16(2)15-20-18(19)17-13-10-8-11-14-17/h3-5,8,10-14H,1,6-7,9,15H2,2H3/b5-4+,16-12+. The van der Waals surface area contributed by atoms with Crippen molar-refractivity contribution in [1.29, 1.82) is 0 Å². The molecule has 2 nitrogen and oxygen atoms in total. The number of hydrogen-bond acceptors (Lipinski definition) is 2. The van der Waals surface area contributed by atoms with Gasteiger partial charge in [-0.3, -0.25) is 0 Å². The average Bonchev–Trinajstić information content (AvgIpc) is 2.49. The molecule has 0 aliphatic heterocycles. The van der Waals surface area contributed by atoms with Gasteiger partial charge in [-0.1, -0.05) is 49.1 Å². The fourth-order valence-corrected chi connectivity index (χ4v) is 1.67. The second-order valence-corrected chi connectivity index (χ2v) is 4.59. The Balaban J connectivity index is 2.25. The Morgan fingerprint density at radius 2 is 2.00 bits per heavy atom. The maximum Gasteiger partial charge on any atom is 0.338 e. The molecule has 106 valence electrons. The summed E-state index contributed by atoms with van der Waals surface area (Å²) in [6.07, 6.45) is 11.1. The highest BCUT2D eigenvalue weighted by atomic mass is 16.5. The Morgan fingerprint density at radius 1 is 1.25 bits per heavy atom. The van der Waals surface area contributed by atoms with E-state index >= 15 is 0 Å². The van der Waals surface area contributed by atoms with Crippen molar-refractivity contribution in [2.24, 2.45) is 0 Å². The van der Waals surface area contributed by atoms with Crippen LogP contribution in [0.3, 0.4) is 0 Å². The van der Waals surface area contributed by atoms with Gasteiger partial charge in [-0.05, 0) is 43.9 Å². The van der Waals surface area contributed by atoms with Crippen molar-refractivity contribution in [1.82, 2.24) is 0 Å². The van der Waals surface area contributed by atoms with Crippen LogP contribution in [0.2, 0.25) is 0 Å². The predicted octanol–water partition coefficient (Wildman–Crippen LogP) is 4.70. The first-order valence-electron chi connectivity index (χ1n) is 6.89. The quantitative estimate of drug-likeness (QED) is 0.296.